The molecule has 0 aliphatic heterocycles. The molecule has 0 nitrogen and oxygen atoms in total. The molecule has 64 valence electrons. The van der Waals surface area contributed by atoms with Gasteiger partial charge in [0.15, 0.2) is 0 Å². The highest BCUT2D eigenvalue weighted by Gasteiger charge is 1.86. The number of rotatable bonds is 4. The molecule has 0 aliphatic carbocycles. The number of thioether (sulfide) groups is 1. The molecule has 0 unspecified atom stereocenters. The van der Waals surface area contributed by atoms with Crippen LogP contribution in [-0.4, -0.2) is 12.0 Å². The highest BCUT2D eigenvalue weighted by molar-refractivity contribution is 14.1. The summed E-state index contributed by atoms with van der Waals surface area (Å²) >= 11 is 4.24. The first-order valence-corrected chi connectivity index (χ1v) is 6.16. The van der Waals surface area contributed by atoms with E-state index >= 15 is 0 Å². The fraction of sp³-hybridized carbons (Fsp3) is 0.556. The number of halogens is 1. The summed E-state index contributed by atoms with van der Waals surface area (Å²) in [5.41, 5.74) is 0. The normalized spacial score (nSPS) is 13.4. The van der Waals surface area contributed by atoms with Crippen LogP contribution in [0.5, 0.6) is 0 Å². The molecule has 0 amide bonds. The van der Waals surface area contributed by atoms with Crippen molar-refractivity contribution in [2.24, 2.45) is 5.92 Å². The van der Waals surface area contributed by atoms with Crippen molar-refractivity contribution >= 4 is 34.4 Å². The van der Waals surface area contributed by atoms with Gasteiger partial charge in [0.2, 0.25) is 0 Å². The largest absolute Gasteiger partial charge is 0.160 e. The summed E-state index contributed by atoms with van der Waals surface area (Å²) in [6.07, 6.45) is 8.65. The van der Waals surface area contributed by atoms with Gasteiger partial charge in [-0.25, -0.2) is 0 Å². The molecule has 0 N–H and O–H groups in total. The highest BCUT2D eigenvalue weighted by atomic mass is 127. The van der Waals surface area contributed by atoms with Gasteiger partial charge < -0.3 is 0 Å². The first kappa shape index (κ1) is 11.6. The van der Waals surface area contributed by atoms with Gasteiger partial charge in [0.05, 0.1) is 0 Å². The van der Waals surface area contributed by atoms with Gasteiger partial charge in [-0.2, -0.15) is 11.8 Å². The molecule has 0 rings (SSSR count). The van der Waals surface area contributed by atoms with E-state index in [9.17, 15) is 0 Å². The summed E-state index contributed by atoms with van der Waals surface area (Å²) in [5.74, 6) is 1.79. The lowest BCUT2D eigenvalue weighted by atomic mass is 10.2. The Morgan fingerprint density at radius 2 is 2.18 bits per heavy atom. The van der Waals surface area contributed by atoms with Crippen LogP contribution >= 0.6 is 34.4 Å². The summed E-state index contributed by atoms with van der Waals surface area (Å²) in [5, 5.41) is 0. The molecule has 0 radical (unpaired) electrons. The fourth-order valence-corrected chi connectivity index (χ4v) is 2.08. The Kier molecular flexibility index (Phi) is 7.59. The van der Waals surface area contributed by atoms with E-state index in [1.54, 1.807) is 0 Å². The zero-order chi connectivity index (χ0) is 8.69. The maximum atomic E-state index is 2.38. The summed E-state index contributed by atoms with van der Waals surface area (Å²) in [6, 6.07) is 0. The van der Waals surface area contributed by atoms with E-state index in [-0.39, 0.29) is 0 Å². The van der Waals surface area contributed by atoms with Crippen molar-refractivity contribution in [3.63, 3.8) is 0 Å². The average Bonchev–Trinajstić information content (AvgIpc) is 1.87. The topological polar surface area (TPSA) is 0 Å². The minimum absolute atomic E-state index is 0.657. The van der Waals surface area contributed by atoms with Crippen molar-refractivity contribution in [2.45, 2.75) is 13.8 Å². The summed E-state index contributed by atoms with van der Waals surface area (Å²) in [6.45, 7) is 4.37. The highest BCUT2D eigenvalue weighted by Crippen LogP contribution is 2.11. The summed E-state index contributed by atoms with van der Waals surface area (Å²) in [7, 11) is 0. The Bertz CT molecular complexity index is 148. The van der Waals surface area contributed by atoms with Gasteiger partial charge in [0, 0.05) is 9.33 Å². The van der Waals surface area contributed by atoms with Gasteiger partial charge in [0.1, 0.15) is 0 Å². The molecule has 11 heavy (non-hydrogen) atoms. The van der Waals surface area contributed by atoms with E-state index in [0.29, 0.717) is 5.92 Å². The van der Waals surface area contributed by atoms with Gasteiger partial charge in [-0.05, 0) is 34.8 Å². The minimum Gasteiger partial charge on any atom is -0.160 e. The van der Waals surface area contributed by atoms with Crippen LogP contribution in [0.15, 0.2) is 21.8 Å². The summed E-state index contributed by atoms with van der Waals surface area (Å²) < 4.78 is 1.41. The van der Waals surface area contributed by atoms with Crippen LogP contribution in [0.25, 0.3) is 0 Å². The van der Waals surface area contributed by atoms with Crippen LogP contribution in [0, 0.1) is 5.92 Å². The Balaban J connectivity index is 3.71. The predicted octanol–water partition coefficient (Wildman–Crippen LogP) is 3.88. The smallest absolute Gasteiger partial charge is 0.0239 e. The van der Waals surface area contributed by atoms with E-state index < -0.39 is 0 Å². The van der Waals surface area contributed by atoms with Crippen molar-refractivity contribution in [3.8, 4) is 0 Å². The third-order valence-corrected chi connectivity index (χ3v) is 2.91. The molecule has 0 atom stereocenters. The fourth-order valence-electron chi connectivity index (χ4n) is 0.568. The van der Waals surface area contributed by atoms with Gasteiger partial charge in [-0.15, -0.1) is 0 Å². The quantitative estimate of drug-likeness (QED) is 0.557. The molecule has 0 aliphatic rings. The van der Waals surface area contributed by atoms with Crippen LogP contribution < -0.4 is 0 Å². The Morgan fingerprint density at radius 1 is 1.55 bits per heavy atom. The molecule has 0 fully saturated rings. The number of hydrogen-bond donors (Lipinski definition) is 0. The lowest BCUT2D eigenvalue weighted by Crippen LogP contribution is -1.77. The first-order chi connectivity index (χ1) is 5.16. The molecule has 0 heterocycles. The van der Waals surface area contributed by atoms with Crippen LogP contribution in [0.2, 0.25) is 0 Å². The molecule has 0 saturated heterocycles. The van der Waals surface area contributed by atoms with Crippen molar-refractivity contribution < 1.29 is 0 Å². The third kappa shape index (κ3) is 8.47. The van der Waals surface area contributed by atoms with Gasteiger partial charge in [-0.3, -0.25) is 0 Å². The van der Waals surface area contributed by atoms with Crippen LogP contribution in [0.3, 0.4) is 0 Å². The molecule has 0 spiro atoms. The molecule has 0 aromatic rings. The molecule has 0 aromatic heterocycles. The predicted molar refractivity (Wildman–Crippen MR) is 64.5 cm³/mol. The second kappa shape index (κ2) is 7.22. The van der Waals surface area contributed by atoms with E-state index in [1.165, 1.54) is 3.58 Å². The second-order valence-electron chi connectivity index (χ2n) is 2.68. The van der Waals surface area contributed by atoms with Gasteiger partial charge >= 0.3 is 0 Å². The Morgan fingerprint density at radius 3 is 2.64 bits per heavy atom. The van der Waals surface area contributed by atoms with Crippen LogP contribution in [0.1, 0.15) is 13.8 Å². The van der Waals surface area contributed by atoms with Crippen molar-refractivity contribution in [1.82, 2.24) is 0 Å². The van der Waals surface area contributed by atoms with Crippen molar-refractivity contribution in [2.75, 3.05) is 12.0 Å². The van der Waals surface area contributed by atoms with Crippen LogP contribution in [0.4, 0.5) is 0 Å². The molecular weight excluding hydrogens is 267 g/mol. The zero-order valence-electron chi connectivity index (χ0n) is 7.30. The SMILES string of the molecule is CSC/C(I)=C\C=C/C(C)C. The number of allylic oxidation sites excluding steroid dienone is 3. The lowest BCUT2D eigenvalue weighted by molar-refractivity contribution is 0.832. The molecular formula is C9H15IS. The van der Waals surface area contributed by atoms with E-state index in [4.69, 9.17) is 0 Å². The Hall–Kier alpha value is 0.560. The van der Waals surface area contributed by atoms with Gasteiger partial charge in [-0.1, -0.05) is 32.1 Å². The third-order valence-electron chi connectivity index (χ3n) is 1.06. The standard InChI is InChI=1S/C9H15IS/c1-8(2)5-4-6-9(10)7-11-3/h4-6,8H,7H2,1-3H3/b5-4-,9-6+. The average molecular weight is 282 g/mol. The van der Waals surface area contributed by atoms with E-state index in [0.717, 1.165) is 5.75 Å². The maximum Gasteiger partial charge on any atom is 0.0239 e. The molecule has 0 bridgehead atoms. The second-order valence-corrected chi connectivity index (χ2v) is 4.93. The molecule has 0 aromatic carbocycles. The van der Waals surface area contributed by atoms with Gasteiger partial charge in [0.25, 0.3) is 0 Å². The van der Waals surface area contributed by atoms with Crippen LogP contribution in [-0.2, 0) is 0 Å². The summed E-state index contributed by atoms with van der Waals surface area (Å²) in [4.78, 5) is 0. The Labute approximate surface area is 87.7 Å². The lowest BCUT2D eigenvalue weighted by Gasteiger charge is -1.93. The number of hydrogen-bond acceptors (Lipinski definition) is 1. The minimum atomic E-state index is 0.657. The zero-order valence-corrected chi connectivity index (χ0v) is 10.3. The molecule has 2 heteroatoms. The first-order valence-electron chi connectivity index (χ1n) is 3.68. The van der Waals surface area contributed by atoms with E-state index in [1.807, 2.05) is 11.8 Å². The molecule has 0 saturated carbocycles. The van der Waals surface area contributed by atoms with Crippen molar-refractivity contribution in [3.05, 3.63) is 21.8 Å². The monoisotopic (exact) mass is 282 g/mol. The van der Waals surface area contributed by atoms with E-state index in [2.05, 4.69) is 60.9 Å². The maximum absolute atomic E-state index is 2.38. The van der Waals surface area contributed by atoms with Crippen molar-refractivity contribution in [1.29, 1.82) is 0 Å².